The number of rotatable bonds is 1. The van der Waals surface area contributed by atoms with Crippen LogP contribution in [-0.2, 0) is 0 Å². The monoisotopic (exact) mass is 238 g/mol. The lowest BCUT2D eigenvalue weighted by Gasteiger charge is -2.07. The Morgan fingerprint density at radius 2 is 1.47 bits per heavy atom. The first kappa shape index (κ1) is 10.3. The Labute approximate surface area is 97.9 Å². The fraction of sp³-hybridized carbons (Fsp3) is 0. The predicted octanol–water partition coefficient (Wildman–Crippen LogP) is 4.37. The van der Waals surface area contributed by atoms with Crippen LogP contribution in [0.15, 0.2) is 42.5 Å². The van der Waals surface area contributed by atoms with Crippen LogP contribution in [0, 0.1) is 0 Å². The van der Waals surface area contributed by atoms with E-state index in [1.165, 1.54) is 0 Å². The van der Waals surface area contributed by atoms with E-state index < -0.39 is 0 Å². The SMILES string of the molecule is Oc1ccccc1-c1cccc(Cl)c1Cl. The summed E-state index contributed by atoms with van der Waals surface area (Å²) in [5.41, 5.74) is 1.42. The fourth-order valence-electron chi connectivity index (χ4n) is 1.41. The molecule has 0 aromatic heterocycles. The van der Waals surface area contributed by atoms with Crippen LogP contribution in [0.1, 0.15) is 0 Å². The van der Waals surface area contributed by atoms with Gasteiger partial charge >= 0.3 is 0 Å². The van der Waals surface area contributed by atoms with Gasteiger partial charge in [0.1, 0.15) is 5.75 Å². The molecule has 0 radical (unpaired) electrons. The molecule has 0 aliphatic carbocycles. The van der Waals surface area contributed by atoms with Crippen LogP contribution in [-0.4, -0.2) is 5.11 Å². The highest BCUT2D eigenvalue weighted by molar-refractivity contribution is 6.43. The molecule has 1 nitrogen and oxygen atoms in total. The van der Waals surface area contributed by atoms with Crippen LogP contribution >= 0.6 is 23.2 Å². The second-order valence-corrected chi connectivity index (χ2v) is 3.90. The summed E-state index contributed by atoms with van der Waals surface area (Å²) in [4.78, 5) is 0. The zero-order valence-electron chi connectivity index (χ0n) is 7.74. The fourth-order valence-corrected chi connectivity index (χ4v) is 1.82. The molecule has 0 unspecified atom stereocenters. The molecule has 0 saturated carbocycles. The van der Waals surface area contributed by atoms with E-state index in [1.54, 1.807) is 30.3 Å². The summed E-state index contributed by atoms with van der Waals surface area (Å²) in [6, 6.07) is 12.4. The molecule has 0 saturated heterocycles. The molecule has 2 rings (SSSR count). The third-order valence-corrected chi connectivity index (χ3v) is 2.96. The summed E-state index contributed by atoms with van der Waals surface area (Å²) in [6.07, 6.45) is 0. The predicted molar refractivity (Wildman–Crippen MR) is 63.6 cm³/mol. The minimum Gasteiger partial charge on any atom is -0.507 e. The van der Waals surface area contributed by atoms with Crippen LogP contribution in [0.2, 0.25) is 10.0 Å². The van der Waals surface area contributed by atoms with Crippen molar-refractivity contribution in [2.75, 3.05) is 0 Å². The van der Waals surface area contributed by atoms with Crippen molar-refractivity contribution in [1.29, 1.82) is 0 Å². The normalized spacial score (nSPS) is 10.3. The van der Waals surface area contributed by atoms with Crippen LogP contribution in [0.25, 0.3) is 11.1 Å². The number of phenols is 1. The molecule has 76 valence electrons. The Morgan fingerprint density at radius 3 is 2.20 bits per heavy atom. The Kier molecular flexibility index (Phi) is 2.85. The Hall–Kier alpha value is -1.18. The lowest BCUT2D eigenvalue weighted by atomic mass is 10.0. The number of halogens is 2. The third kappa shape index (κ3) is 1.94. The lowest BCUT2D eigenvalue weighted by Crippen LogP contribution is -1.81. The van der Waals surface area contributed by atoms with Crippen LogP contribution in [0.4, 0.5) is 0 Å². The van der Waals surface area contributed by atoms with Crippen molar-refractivity contribution in [3.63, 3.8) is 0 Å². The van der Waals surface area contributed by atoms with Crippen LogP contribution < -0.4 is 0 Å². The van der Waals surface area contributed by atoms with Gasteiger partial charge in [0.25, 0.3) is 0 Å². The standard InChI is InChI=1S/C12H8Cl2O/c13-10-6-3-5-9(12(10)14)8-4-1-2-7-11(8)15/h1-7,15H. The first-order valence-corrected chi connectivity index (χ1v) is 5.18. The number of hydrogen-bond donors (Lipinski definition) is 1. The molecule has 1 N–H and O–H groups in total. The number of hydrogen-bond acceptors (Lipinski definition) is 1. The molecule has 0 atom stereocenters. The van der Waals surface area contributed by atoms with E-state index in [1.807, 2.05) is 12.1 Å². The highest BCUT2D eigenvalue weighted by atomic mass is 35.5. The van der Waals surface area contributed by atoms with Crippen molar-refractivity contribution in [3.05, 3.63) is 52.5 Å². The lowest BCUT2D eigenvalue weighted by molar-refractivity contribution is 0.477. The minimum absolute atomic E-state index is 0.196. The highest BCUT2D eigenvalue weighted by Crippen LogP contribution is 2.37. The van der Waals surface area contributed by atoms with Gasteiger partial charge in [-0.1, -0.05) is 53.5 Å². The number of benzene rings is 2. The second kappa shape index (κ2) is 4.13. The number of phenolic OH excluding ortho intramolecular Hbond substituents is 1. The van der Waals surface area contributed by atoms with Crippen molar-refractivity contribution in [1.82, 2.24) is 0 Å². The molecular weight excluding hydrogens is 231 g/mol. The summed E-state index contributed by atoms with van der Waals surface area (Å²) >= 11 is 12.0. The number of aromatic hydroxyl groups is 1. The molecule has 0 amide bonds. The zero-order valence-corrected chi connectivity index (χ0v) is 9.26. The van der Waals surface area contributed by atoms with Gasteiger partial charge in [-0.05, 0) is 12.1 Å². The maximum absolute atomic E-state index is 9.68. The van der Waals surface area contributed by atoms with E-state index in [0.717, 1.165) is 5.56 Å². The van der Waals surface area contributed by atoms with Gasteiger partial charge in [0, 0.05) is 11.1 Å². The highest BCUT2D eigenvalue weighted by Gasteiger charge is 2.09. The Morgan fingerprint density at radius 1 is 0.800 bits per heavy atom. The molecule has 0 bridgehead atoms. The smallest absolute Gasteiger partial charge is 0.123 e. The average Bonchev–Trinajstić information content (AvgIpc) is 2.23. The third-order valence-electron chi connectivity index (χ3n) is 2.15. The molecule has 0 heterocycles. The first-order chi connectivity index (χ1) is 7.20. The maximum atomic E-state index is 9.68. The van der Waals surface area contributed by atoms with Crippen LogP contribution in [0.5, 0.6) is 5.75 Å². The Bertz CT molecular complexity index is 495. The Balaban J connectivity index is 2.65. The van der Waals surface area contributed by atoms with Gasteiger partial charge in [-0.2, -0.15) is 0 Å². The molecule has 3 heteroatoms. The minimum atomic E-state index is 0.196. The van der Waals surface area contributed by atoms with Gasteiger partial charge in [0.05, 0.1) is 10.0 Å². The van der Waals surface area contributed by atoms with Gasteiger partial charge in [0.15, 0.2) is 0 Å². The van der Waals surface area contributed by atoms with Crippen molar-refractivity contribution in [2.45, 2.75) is 0 Å². The summed E-state index contributed by atoms with van der Waals surface area (Å²) in [5.74, 6) is 0.196. The van der Waals surface area contributed by atoms with Gasteiger partial charge in [-0.25, -0.2) is 0 Å². The second-order valence-electron chi connectivity index (χ2n) is 3.12. The van der Waals surface area contributed by atoms with E-state index in [0.29, 0.717) is 15.6 Å². The van der Waals surface area contributed by atoms with E-state index >= 15 is 0 Å². The summed E-state index contributed by atoms with van der Waals surface area (Å²) in [7, 11) is 0. The van der Waals surface area contributed by atoms with Gasteiger partial charge in [-0.3, -0.25) is 0 Å². The van der Waals surface area contributed by atoms with Gasteiger partial charge < -0.3 is 5.11 Å². The van der Waals surface area contributed by atoms with Crippen molar-refractivity contribution >= 4 is 23.2 Å². The van der Waals surface area contributed by atoms with Crippen LogP contribution in [0.3, 0.4) is 0 Å². The molecule has 0 fully saturated rings. The summed E-state index contributed by atoms with van der Waals surface area (Å²) in [6.45, 7) is 0. The average molecular weight is 239 g/mol. The molecule has 15 heavy (non-hydrogen) atoms. The van der Waals surface area contributed by atoms with E-state index in [-0.39, 0.29) is 5.75 Å². The summed E-state index contributed by atoms with van der Waals surface area (Å²) < 4.78 is 0. The van der Waals surface area contributed by atoms with Crippen molar-refractivity contribution < 1.29 is 5.11 Å². The molecule has 2 aromatic carbocycles. The topological polar surface area (TPSA) is 20.2 Å². The van der Waals surface area contributed by atoms with E-state index in [4.69, 9.17) is 23.2 Å². The maximum Gasteiger partial charge on any atom is 0.123 e. The molecule has 2 aromatic rings. The van der Waals surface area contributed by atoms with Gasteiger partial charge in [0.2, 0.25) is 0 Å². The summed E-state index contributed by atoms with van der Waals surface area (Å²) in [5, 5.41) is 10.6. The quantitative estimate of drug-likeness (QED) is 0.783. The van der Waals surface area contributed by atoms with E-state index in [2.05, 4.69) is 0 Å². The molecule has 0 aliphatic rings. The largest absolute Gasteiger partial charge is 0.507 e. The molecule has 0 spiro atoms. The first-order valence-electron chi connectivity index (χ1n) is 4.42. The number of para-hydroxylation sites is 1. The van der Waals surface area contributed by atoms with Crippen molar-refractivity contribution in [2.24, 2.45) is 0 Å². The molecule has 0 aliphatic heterocycles. The molecular formula is C12H8Cl2O. The van der Waals surface area contributed by atoms with E-state index in [9.17, 15) is 5.11 Å². The zero-order chi connectivity index (χ0) is 10.8. The van der Waals surface area contributed by atoms with Crippen molar-refractivity contribution in [3.8, 4) is 16.9 Å². The van der Waals surface area contributed by atoms with Gasteiger partial charge in [-0.15, -0.1) is 0 Å².